The SMILES string of the molecule is Cl.O.O=C(O)CC(=O)O. The molecule has 0 saturated carbocycles. The first-order valence-corrected chi connectivity index (χ1v) is 1.56. The molecule has 5 nitrogen and oxygen atoms in total. The van der Waals surface area contributed by atoms with Gasteiger partial charge in [-0.1, -0.05) is 0 Å². The Morgan fingerprint density at radius 1 is 1.11 bits per heavy atom. The van der Waals surface area contributed by atoms with Gasteiger partial charge >= 0.3 is 11.9 Å². The van der Waals surface area contributed by atoms with Crippen molar-refractivity contribution in [2.75, 3.05) is 0 Å². The number of hydrogen-bond acceptors (Lipinski definition) is 2. The number of aliphatic carboxylic acids is 2. The summed E-state index contributed by atoms with van der Waals surface area (Å²) in [6.45, 7) is 0. The van der Waals surface area contributed by atoms with E-state index in [-0.39, 0.29) is 17.9 Å². The van der Waals surface area contributed by atoms with Gasteiger partial charge in [-0.25, -0.2) is 0 Å². The van der Waals surface area contributed by atoms with E-state index in [2.05, 4.69) is 0 Å². The maximum absolute atomic E-state index is 9.43. The van der Waals surface area contributed by atoms with Crippen molar-refractivity contribution in [2.45, 2.75) is 6.42 Å². The Hall–Kier alpha value is -0.810. The highest BCUT2D eigenvalue weighted by Crippen LogP contribution is 1.74. The molecule has 0 saturated heterocycles. The fourth-order valence-corrected chi connectivity index (χ4v) is 0.129. The van der Waals surface area contributed by atoms with Crippen LogP contribution in [0.15, 0.2) is 0 Å². The van der Waals surface area contributed by atoms with Crippen LogP contribution in [-0.4, -0.2) is 27.6 Å². The molecule has 9 heavy (non-hydrogen) atoms. The molecule has 6 heteroatoms. The van der Waals surface area contributed by atoms with Crippen LogP contribution in [-0.2, 0) is 9.59 Å². The van der Waals surface area contributed by atoms with Crippen molar-refractivity contribution in [3.05, 3.63) is 0 Å². The third kappa shape index (κ3) is 19.0. The van der Waals surface area contributed by atoms with Gasteiger partial charge in [0, 0.05) is 0 Å². The lowest BCUT2D eigenvalue weighted by molar-refractivity contribution is -0.147. The second-order valence-electron chi connectivity index (χ2n) is 0.964. The van der Waals surface area contributed by atoms with Crippen LogP contribution in [0.25, 0.3) is 0 Å². The summed E-state index contributed by atoms with van der Waals surface area (Å²) in [6.07, 6.45) is -0.806. The van der Waals surface area contributed by atoms with Crippen LogP contribution < -0.4 is 0 Å². The molecular formula is C3H7ClO5. The van der Waals surface area contributed by atoms with Crippen molar-refractivity contribution >= 4 is 24.3 Å². The van der Waals surface area contributed by atoms with Gasteiger partial charge in [0.05, 0.1) is 0 Å². The van der Waals surface area contributed by atoms with E-state index in [4.69, 9.17) is 10.2 Å². The van der Waals surface area contributed by atoms with Crippen molar-refractivity contribution in [3.63, 3.8) is 0 Å². The van der Waals surface area contributed by atoms with E-state index in [0.717, 1.165) is 0 Å². The monoisotopic (exact) mass is 158 g/mol. The lowest BCUT2D eigenvalue weighted by Crippen LogP contribution is -2.03. The zero-order valence-corrected chi connectivity index (χ0v) is 5.14. The standard InChI is InChI=1S/C3H4O4.ClH.H2O/c4-2(5)1-3(6)7;;/h1H2,(H,4,5)(H,6,7);1H;1H2. The smallest absolute Gasteiger partial charge is 0.314 e. The van der Waals surface area contributed by atoms with Gasteiger partial charge in [-0.05, 0) is 0 Å². The molecule has 0 radical (unpaired) electrons. The zero-order chi connectivity index (χ0) is 5.86. The summed E-state index contributed by atoms with van der Waals surface area (Å²) < 4.78 is 0. The van der Waals surface area contributed by atoms with Crippen LogP contribution in [0.5, 0.6) is 0 Å². The highest BCUT2D eigenvalue weighted by molar-refractivity contribution is 5.88. The predicted molar refractivity (Wildman–Crippen MR) is 30.8 cm³/mol. The predicted octanol–water partition coefficient (Wildman–Crippen LogP) is -0.857. The molecule has 0 fully saturated rings. The lowest BCUT2D eigenvalue weighted by atomic mass is 10.5. The quantitative estimate of drug-likeness (QED) is 0.510. The summed E-state index contributed by atoms with van der Waals surface area (Å²) in [5.41, 5.74) is 0. The number of carboxylic acid groups (broad SMARTS) is 2. The summed E-state index contributed by atoms with van der Waals surface area (Å²) in [5, 5.41) is 15.4. The Morgan fingerprint density at radius 2 is 1.33 bits per heavy atom. The summed E-state index contributed by atoms with van der Waals surface area (Å²) in [6, 6.07) is 0. The van der Waals surface area contributed by atoms with Gasteiger partial charge in [-0.15, -0.1) is 12.4 Å². The van der Waals surface area contributed by atoms with Gasteiger partial charge in [0.1, 0.15) is 6.42 Å². The number of carbonyl (C=O) groups is 2. The minimum absolute atomic E-state index is 0. The van der Waals surface area contributed by atoms with Crippen molar-refractivity contribution < 1.29 is 25.3 Å². The van der Waals surface area contributed by atoms with E-state index in [0.29, 0.717) is 0 Å². The molecule has 0 aliphatic heterocycles. The molecular weight excluding hydrogens is 151 g/mol. The Kier molecular flexibility index (Phi) is 12.6. The molecule has 0 rings (SSSR count). The highest BCUT2D eigenvalue weighted by atomic mass is 35.5. The fraction of sp³-hybridized carbons (Fsp3) is 0.333. The minimum Gasteiger partial charge on any atom is -0.481 e. The third-order valence-electron chi connectivity index (χ3n) is 0.302. The highest BCUT2D eigenvalue weighted by Gasteiger charge is 2.01. The van der Waals surface area contributed by atoms with Gasteiger partial charge in [0.25, 0.3) is 0 Å². The number of rotatable bonds is 2. The normalized spacial score (nSPS) is 6.22. The van der Waals surface area contributed by atoms with E-state index in [1.807, 2.05) is 0 Å². The molecule has 0 spiro atoms. The molecule has 0 amide bonds. The summed E-state index contributed by atoms with van der Waals surface area (Å²) in [5.74, 6) is -2.62. The number of carboxylic acids is 2. The average Bonchev–Trinajstić information content (AvgIpc) is 1.27. The molecule has 0 unspecified atom stereocenters. The van der Waals surface area contributed by atoms with Crippen LogP contribution in [0.4, 0.5) is 0 Å². The maximum atomic E-state index is 9.43. The van der Waals surface area contributed by atoms with E-state index < -0.39 is 18.4 Å². The van der Waals surface area contributed by atoms with Crippen LogP contribution >= 0.6 is 12.4 Å². The number of halogens is 1. The van der Waals surface area contributed by atoms with Crippen LogP contribution in [0.1, 0.15) is 6.42 Å². The largest absolute Gasteiger partial charge is 0.481 e. The first-order valence-electron chi connectivity index (χ1n) is 1.56. The fourth-order valence-electron chi connectivity index (χ4n) is 0.129. The van der Waals surface area contributed by atoms with Crippen molar-refractivity contribution in [2.24, 2.45) is 0 Å². The molecule has 0 aliphatic rings. The molecule has 0 aromatic rings. The molecule has 0 aromatic carbocycles. The Labute approximate surface area is 57.0 Å². The molecule has 0 bridgehead atoms. The van der Waals surface area contributed by atoms with Crippen molar-refractivity contribution in [3.8, 4) is 0 Å². The van der Waals surface area contributed by atoms with Gasteiger partial charge in [-0.2, -0.15) is 0 Å². The first-order chi connectivity index (χ1) is 3.13. The Balaban J connectivity index is -0.000000180. The Morgan fingerprint density at radius 3 is 1.33 bits per heavy atom. The van der Waals surface area contributed by atoms with Gasteiger partial charge in [0.15, 0.2) is 0 Å². The molecule has 0 atom stereocenters. The van der Waals surface area contributed by atoms with Crippen molar-refractivity contribution in [1.82, 2.24) is 0 Å². The minimum atomic E-state index is -1.31. The lowest BCUT2D eigenvalue weighted by Gasteiger charge is -1.80. The van der Waals surface area contributed by atoms with E-state index in [9.17, 15) is 9.59 Å². The summed E-state index contributed by atoms with van der Waals surface area (Å²) in [4.78, 5) is 18.9. The van der Waals surface area contributed by atoms with Gasteiger partial charge < -0.3 is 15.7 Å². The summed E-state index contributed by atoms with van der Waals surface area (Å²) >= 11 is 0. The second kappa shape index (κ2) is 7.19. The number of hydrogen-bond donors (Lipinski definition) is 2. The molecule has 0 heterocycles. The van der Waals surface area contributed by atoms with Crippen molar-refractivity contribution in [1.29, 1.82) is 0 Å². The Bertz CT molecular complexity index is 88.4. The molecule has 0 aromatic heterocycles. The van der Waals surface area contributed by atoms with Crippen LogP contribution in [0, 0.1) is 0 Å². The zero-order valence-electron chi connectivity index (χ0n) is 4.33. The average molecular weight is 159 g/mol. The topological polar surface area (TPSA) is 106 Å². The van der Waals surface area contributed by atoms with E-state index in [1.54, 1.807) is 0 Å². The first kappa shape index (κ1) is 15.7. The van der Waals surface area contributed by atoms with Crippen LogP contribution in [0.2, 0.25) is 0 Å². The third-order valence-corrected chi connectivity index (χ3v) is 0.302. The van der Waals surface area contributed by atoms with E-state index >= 15 is 0 Å². The van der Waals surface area contributed by atoms with E-state index in [1.165, 1.54) is 0 Å². The van der Waals surface area contributed by atoms with Gasteiger partial charge in [-0.3, -0.25) is 9.59 Å². The molecule has 56 valence electrons. The summed E-state index contributed by atoms with van der Waals surface area (Å²) in [7, 11) is 0. The second-order valence-corrected chi connectivity index (χ2v) is 0.964. The molecule has 0 aliphatic carbocycles. The molecule has 4 N–H and O–H groups in total. The van der Waals surface area contributed by atoms with Crippen LogP contribution in [0.3, 0.4) is 0 Å². The maximum Gasteiger partial charge on any atom is 0.314 e. The van der Waals surface area contributed by atoms with Gasteiger partial charge in [0.2, 0.25) is 0 Å².